The fraction of sp³-hybridized carbons (Fsp3) is 0.817. The highest BCUT2D eigenvalue weighted by molar-refractivity contribution is 5.71. The molecule has 0 saturated heterocycles. The van der Waals surface area contributed by atoms with Crippen molar-refractivity contribution in [3.8, 4) is 0 Å². The largest absolute Gasteiger partial charge is 0.462 e. The molecule has 0 saturated carbocycles. The van der Waals surface area contributed by atoms with Crippen LogP contribution in [0.5, 0.6) is 0 Å². The summed E-state index contributed by atoms with van der Waals surface area (Å²) >= 11 is 0. The number of hydrogen-bond acceptors (Lipinski definition) is 6. The third kappa shape index (κ3) is 52.3. The number of hydrogen-bond donors (Lipinski definition) is 0. The number of carbonyl (C=O) groups is 3. The van der Waals surface area contributed by atoms with E-state index in [1.54, 1.807) is 0 Å². The maximum Gasteiger partial charge on any atom is 0.306 e. The third-order valence-electron chi connectivity index (χ3n) is 12.6. The van der Waals surface area contributed by atoms with Gasteiger partial charge in [0.05, 0.1) is 0 Å². The van der Waals surface area contributed by atoms with Crippen molar-refractivity contribution in [1.29, 1.82) is 0 Å². The van der Waals surface area contributed by atoms with Crippen molar-refractivity contribution in [3.63, 3.8) is 0 Å². The van der Waals surface area contributed by atoms with Crippen LogP contribution in [-0.2, 0) is 28.6 Å². The Balaban J connectivity index is 4.36. The molecule has 0 rings (SSSR count). The van der Waals surface area contributed by atoms with E-state index in [1.165, 1.54) is 154 Å². The van der Waals surface area contributed by atoms with E-state index in [2.05, 4.69) is 69.4 Å². The number of allylic oxidation sites excluding steroid dienone is 8. The lowest BCUT2D eigenvalue weighted by Gasteiger charge is -2.18. The lowest BCUT2D eigenvalue weighted by molar-refractivity contribution is -0.167. The lowest BCUT2D eigenvalue weighted by Crippen LogP contribution is -2.30. The SMILES string of the molecule is CCCC/C=C/C/C=C/CCCCCCCC(=O)OC[C@H](COC(=O)CCCCCCCCCCCCCCCCCCCCC)OC(=O)CCCCCCC/C=C/C/C=C/CCCCC. The molecule has 6 heteroatoms. The van der Waals surface area contributed by atoms with Gasteiger partial charge in [0, 0.05) is 19.3 Å². The second kappa shape index (κ2) is 55.0. The average molecular weight is 926 g/mol. The van der Waals surface area contributed by atoms with Crippen LogP contribution in [0.4, 0.5) is 0 Å². The predicted octanol–water partition coefficient (Wildman–Crippen LogP) is 19.0. The molecule has 0 aromatic heterocycles. The van der Waals surface area contributed by atoms with Crippen LogP contribution in [0, 0.1) is 0 Å². The first-order valence-corrected chi connectivity index (χ1v) is 28.6. The van der Waals surface area contributed by atoms with Crippen molar-refractivity contribution in [2.45, 2.75) is 303 Å². The van der Waals surface area contributed by atoms with Crippen molar-refractivity contribution in [1.82, 2.24) is 0 Å². The van der Waals surface area contributed by atoms with E-state index >= 15 is 0 Å². The molecule has 0 bridgehead atoms. The standard InChI is InChI=1S/C60H108O6/c1-4-7-10-13-16-19-22-25-28-29-30-31-33-35-38-41-44-47-50-53-59(62)65-56-57(55-64-58(61)52-49-46-43-40-37-34-27-24-21-18-15-12-9-6-3)66-60(63)54-51-48-45-42-39-36-32-26-23-20-17-14-11-8-5-2/h15,17-18,20,24,26-27,32,57H,4-14,16,19,21-23,25,28-31,33-56H2,1-3H3/b18-15+,20-17+,27-24+,32-26+/t57-/m1/s1. The van der Waals surface area contributed by atoms with Gasteiger partial charge in [0.1, 0.15) is 13.2 Å². The molecule has 0 spiro atoms. The van der Waals surface area contributed by atoms with Gasteiger partial charge in [-0.05, 0) is 77.0 Å². The van der Waals surface area contributed by atoms with Crippen LogP contribution in [0.1, 0.15) is 297 Å². The van der Waals surface area contributed by atoms with Crippen LogP contribution in [0.25, 0.3) is 0 Å². The second-order valence-electron chi connectivity index (χ2n) is 19.2. The first-order chi connectivity index (χ1) is 32.5. The van der Waals surface area contributed by atoms with Crippen molar-refractivity contribution >= 4 is 17.9 Å². The minimum absolute atomic E-state index is 0.0806. The topological polar surface area (TPSA) is 78.9 Å². The normalized spacial score (nSPS) is 12.3. The molecule has 66 heavy (non-hydrogen) atoms. The molecule has 0 aliphatic heterocycles. The summed E-state index contributed by atoms with van der Waals surface area (Å²) in [6, 6.07) is 0. The minimum Gasteiger partial charge on any atom is -0.462 e. The minimum atomic E-state index is -0.784. The van der Waals surface area contributed by atoms with E-state index in [1.807, 2.05) is 0 Å². The van der Waals surface area contributed by atoms with Gasteiger partial charge >= 0.3 is 17.9 Å². The van der Waals surface area contributed by atoms with Gasteiger partial charge in [0.25, 0.3) is 0 Å². The van der Waals surface area contributed by atoms with Gasteiger partial charge in [-0.25, -0.2) is 0 Å². The molecule has 0 unspecified atom stereocenters. The van der Waals surface area contributed by atoms with Crippen LogP contribution in [0.3, 0.4) is 0 Å². The first kappa shape index (κ1) is 63.4. The van der Waals surface area contributed by atoms with E-state index in [0.717, 1.165) is 103 Å². The van der Waals surface area contributed by atoms with E-state index in [9.17, 15) is 14.4 Å². The fourth-order valence-electron chi connectivity index (χ4n) is 8.20. The number of rotatable bonds is 52. The molecular weight excluding hydrogens is 817 g/mol. The summed E-state index contributed by atoms with van der Waals surface area (Å²) in [6.07, 6.45) is 66.7. The molecule has 0 heterocycles. The van der Waals surface area contributed by atoms with Crippen molar-refractivity contribution in [3.05, 3.63) is 48.6 Å². The molecule has 0 aliphatic rings. The van der Waals surface area contributed by atoms with Gasteiger partial charge in [-0.3, -0.25) is 14.4 Å². The van der Waals surface area contributed by atoms with E-state index in [0.29, 0.717) is 19.3 Å². The molecule has 0 aromatic carbocycles. The van der Waals surface area contributed by atoms with Crippen LogP contribution in [0.15, 0.2) is 48.6 Å². The quantitative estimate of drug-likeness (QED) is 0.0262. The smallest absolute Gasteiger partial charge is 0.306 e. The lowest BCUT2D eigenvalue weighted by atomic mass is 10.0. The van der Waals surface area contributed by atoms with Gasteiger partial charge in [-0.1, -0.05) is 249 Å². The molecular formula is C60H108O6. The Bertz CT molecular complexity index is 1150. The highest BCUT2D eigenvalue weighted by Gasteiger charge is 2.19. The molecule has 0 radical (unpaired) electrons. The summed E-state index contributed by atoms with van der Waals surface area (Å²) in [7, 11) is 0. The molecule has 1 atom stereocenters. The maximum absolute atomic E-state index is 12.8. The Morgan fingerprint density at radius 3 is 0.909 bits per heavy atom. The zero-order chi connectivity index (χ0) is 47.9. The summed E-state index contributed by atoms with van der Waals surface area (Å²) in [5.74, 6) is -0.896. The van der Waals surface area contributed by atoms with Gasteiger partial charge in [-0.2, -0.15) is 0 Å². The molecule has 0 N–H and O–H groups in total. The fourth-order valence-corrected chi connectivity index (χ4v) is 8.20. The highest BCUT2D eigenvalue weighted by Crippen LogP contribution is 2.16. The Hall–Kier alpha value is -2.63. The number of unbranched alkanes of at least 4 members (excludes halogenated alkanes) is 33. The Kier molecular flexibility index (Phi) is 52.8. The van der Waals surface area contributed by atoms with Crippen LogP contribution >= 0.6 is 0 Å². The van der Waals surface area contributed by atoms with Gasteiger partial charge in [-0.15, -0.1) is 0 Å². The van der Waals surface area contributed by atoms with Crippen LogP contribution in [-0.4, -0.2) is 37.2 Å². The van der Waals surface area contributed by atoms with Gasteiger partial charge < -0.3 is 14.2 Å². The maximum atomic E-state index is 12.8. The molecule has 0 aromatic rings. The summed E-state index contributed by atoms with van der Waals surface area (Å²) < 4.78 is 16.8. The Morgan fingerprint density at radius 1 is 0.303 bits per heavy atom. The second-order valence-corrected chi connectivity index (χ2v) is 19.2. The Labute approximate surface area is 409 Å². The third-order valence-corrected chi connectivity index (χ3v) is 12.6. The summed E-state index contributed by atoms with van der Waals surface area (Å²) in [6.45, 7) is 6.58. The van der Waals surface area contributed by atoms with Crippen molar-refractivity contribution in [2.24, 2.45) is 0 Å². The Morgan fingerprint density at radius 2 is 0.561 bits per heavy atom. The van der Waals surface area contributed by atoms with Gasteiger partial charge in [0.2, 0.25) is 0 Å². The molecule has 384 valence electrons. The predicted molar refractivity (Wildman–Crippen MR) is 284 cm³/mol. The van der Waals surface area contributed by atoms with Crippen LogP contribution in [0.2, 0.25) is 0 Å². The van der Waals surface area contributed by atoms with Crippen molar-refractivity contribution < 1.29 is 28.6 Å². The van der Waals surface area contributed by atoms with E-state index < -0.39 is 6.10 Å². The zero-order valence-electron chi connectivity index (χ0n) is 44.0. The van der Waals surface area contributed by atoms with E-state index in [4.69, 9.17) is 14.2 Å². The highest BCUT2D eigenvalue weighted by atomic mass is 16.6. The molecule has 0 fully saturated rings. The molecule has 6 nitrogen and oxygen atoms in total. The molecule has 0 aliphatic carbocycles. The number of esters is 3. The summed E-state index contributed by atoms with van der Waals surface area (Å²) in [5, 5.41) is 0. The average Bonchev–Trinajstić information content (AvgIpc) is 3.31. The van der Waals surface area contributed by atoms with Gasteiger partial charge in [0.15, 0.2) is 6.10 Å². The van der Waals surface area contributed by atoms with E-state index in [-0.39, 0.29) is 31.1 Å². The summed E-state index contributed by atoms with van der Waals surface area (Å²) in [5.41, 5.74) is 0. The monoisotopic (exact) mass is 925 g/mol. The number of ether oxygens (including phenoxy) is 3. The molecule has 0 amide bonds. The van der Waals surface area contributed by atoms with Crippen molar-refractivity contribution in [2.75, 3.05) is 13.2 Å². The van der Waals surface area contributed by atoms with Crippen LogP contribution < -0.4 is 0 Å². The number of carbonyl (C=O) groups excluding carboxylic acids is 3. The summed E-state index contributed by atoms with van der Waals surface area (Å²) in [4.78, 5) is 38.1. The zero-order valence-corrected chi connectivity index (χ0v) is 44.0. The first-order valence-electron chi connectivity index (χ1n) is 28.6.